The standard InChI is InChI=1S/C13H15NO3/c15-13(16)8-3-4-10-11(6-8)14-7-9-2-1-5-17-12(9)10/h3-4,6,9,11,14H,1-2,5,7H2,(H,15,16). The van der Waals surface area contributed by atoms with Gasteiger partial charge >= 0.3 is 5.97 Å². The van der Waals surface area contributed by atoms with E-state index in [2.05, 4.69) is 5.32 Å². The fourth-order valence-corrected chi connectivity index (χ4v) is 2.70. The van der Waals surface area contributed by atoms with Gasteiger partial charge < -0.3 is 15.2 Å². The molecule has 1 fully saturated rings. The Morgan fingerprint density at radius 2 is 2.35 bits per heavy atom. The van der Waals surface area contributed by atoms with Gasteiger partial charge in [-0.15, -0.1) is 0 Å². The van der Waals surface area contributed by atoms with Crippen LogP contribution >= 0.6 is 0 Å². The number of hydrogen-bond donors (Lipinski definition) is 2. The Balaban J connectivity index is 1.95. The lowest BCUT2D eigenvalue weighted by atomic mass is 9.85. The van der Waals surface area contributed by atoms with Crippen LogP contribution in [0.5, 0.6) is 0 Å². The zero-order valence-corrected chi connectivity index (χ0v) is 9.48. The maximum Gasteiger partial charge on any atom is 0.335 e. The molecule has 0 aromatic carbocycles. The topological polar surface area (TPSA) is 58.6 Å². The minimum absolute atomic E-state index is 0.00421. The Morgan fingerprint density at radius 3 is 3.18 bits per heavy atom. The molecule has 2 atom stereocenters. The lowest BCUT2D eigenvalue weighted by molar-refractivity contribution is -0.132. The molecule has 2 heterocycles. The van der Waals surface area contributed by atoms with Crippen LogP contribution in [0, 0.1) is 5.92 Å². The van der Waals surface area contributed by atoms with Crippen molar-refractivity contribution in [2.45, 2.75) is 18.9 Å². The van der Waals surface area contributed by atoms with Gasteiger partial charge in [-0.2, -0.15) is 0 Å². The van der Waals surface area contributed by atoms with E-state index in [1.165, 1.54) is 0 Å². The summed E-state index contributed by atoms with van der Waals surface area (Å²) in [6.45, 7) is 1.66. The number of ether oxygens (including phenoxy) is 1. The van der Waals surface area contributed by atoms with E-state index in [0.29, 0.717) is 11.5 Å². The molecule has 0 spiro atoms. The number of carbonyl (C=O) groups is 1. The van der Waals surface area contributed by atoms with E-state index in [4.69, 9.17) is 9.84 Å². The minimum atomic E-state index is -0.876. The number of carboxylic acids is 1. The molecule has 4 heteroatoms. The maximum absolute atomic E-state index is 10.9. The quantitative estimate of drug-likeness (QED) is 0.715. The molecule has 0 saturated carbocycles. The average molecular weight is 233 g/mol. The molecule has 90 valence electrons. The Morgan fingerprint density at radius 1 is 1.47 bits per heavy atom. The van der Waals surface area contributed by atoms with Crippen LogP contribution < -0.4 is 5.32 Å². The van der Waals surface area contributed by atoms with E-state index < -0.39 is 5.97 Å². The maximum atomic E-state index is 10.9. The molecule has 0 radical (unpaired) electrons. The summed E-state index contributed by atoms with van der Waals surface area (Å²) in [4.78, 5) is 10.9. The molecule has 4 nitrogen and oxygen atoms in total. The van der Waals surface area contributed by atoms with Gasteiger partial charge in [0.05, 0.1) is 18.2 Å². The van der Waals surface area contributed by atoms with Crippen LogP contribution in [0.15, 0.2) is 35.1 Å². The molecule has 0 amide bonds. The molecular weight excluding hydrogens is 218 g/mol. The molecule has 2 N–H and O–H groups in total. The first kappa shape index (κ1) is 10.6. The lowest BCUT2D eigenvalue weighted by Gasteiger charge is -2.36. The highest BCUT2D eigenvalue weighted by molar-refractivity contribution is 5.90. The van der Waals surface area contributed by atoms with Crippen molar-refractivity contribution < 1.29 is 14.6 Å². The fraction of sp³-hybridized carbons (Fsp3) is 0.462. The van der Waals surface area contributed by atoms with Crippen molar-refractivity contribution in [2.24, 2.45) is 5.92 Å². The zero-order chi connectivity index (χ0) is 11.8. The zero-order valence-electron chi connectivity index (χ0n) is 9.48. The van der Waals surface area contributed by atoms with Crippen LogP contribution in [0.3, 0.4) is 0 Å². The van der Waals surface area contributed by atoms with E-state index in [-0.39, 0.29) is 6.04 Å². The molecule has 0 aromatic heterocycles. The summed E-state index contributed by atoms with van der Waals surface area (Å²) in [6, 6.07) is -0.00421. The summed E-state index contributed by atoms with van der Waals surface area (Å²) >= 11 is 0. The van der Waals surface area contributed by atoms with Gasteiger partial charge in [-0.3, -0.25) is 0 Å². The molecular formula is C13H15NO3. The number of nitrogens with one attached hydrogen (secondary N) is 1. The third-order valence-corrected chi connectivity index (χ3v) is 3.56. The van der Waals surface area contributed by atoms with Crippen LogP contribution in [-0.2, 0) is 9.53 Å². The van der Waals surface area contributed by atoms with E-state index in [1.54, 1.807) is 12.2 Å². The Hall–Kier alpha value is -1.55. The summed E-state index contributed by atoms with van der Waals surface area (Å²) in [6.07, 6.45) is 7.56. The van der Waals surface area contributed by atoms with Crippen LogP contribution in [0.2, 0.25) is 0 Å². The van der Waals surface area contributed by atoms with E-state index in [1.807, 2.05) is 6.08 Å². The molecule has 2 aliphatic heterocycles. The molecule has 3 rings (SSSR count). The van der Waals surface area contributed by atoms with Gasteiger partial charge in [-0.1, -0.05) is 6.08 Å². The third kappa shape index (κ3) is 1.78. The Labute approximate surface area is 99.7 Å². The second kappa shape index (κ2) is 4.04. The summed E-state index contributed by atoms with van der Waals surface area (Å²) < 4.78 is 5.76. The number of hydrogen-bond acceptors (Lipinski definition) is 3. The van der Waals surface area contributed by atoms with Gasteiger partial charge in [0.1, 0.15) is 5.76 Å². The highest BCUT2D eigenvalue weighted by Crippen LogP contribution is 2.33. The summed E-state index contributed by atoms with van der Waals surface area (Å²) in [5.41, 5.74) is 1.45. The summed E-state index contributed by atoms with van der Waals surface area (Å²) in [5, 5.41) is 12.3. The molecule has 0 aromatic rings. The largest absolute Gasteiger partial charge is 0.497 e. The van der Waals surface area contributed by atoms with Crippen molar-refractivity contribution in [1.29, 1.82) is 0 Å². The van der Waals surface area contributed by atoms with Crippen LogP contribution in [0.4, 0.5) is 0 Å². The first-order valence-electron chi connectivity index (χ1n) is 5.99. The molecule has 1 aliphatic carbocycles. The van der Waals surface area contributed by atoms with Gasteiger partial charge in [0.15, 0.2) is 0 Å². The summed E-state index contributed by atoms with van der Waals surface area (Å²) in [5.74, 6) is 0.648. The third-order valence-electron chi connectivity index (χ3n) is 3.56. The summed E-state index contributed by atoms with van der Waals surface area (Å²) in [7, 11) is 0. The van der Waals surface area contributed by atoms with Gasteiger partial charge in [0.25, 0.3) is 0 Å². The van der Waals surface area contributed by atoms with Crippen molar-refractivity contribution in [2.75, 3.05) is 13.2 Å². The normalized spacial score (nSPS) is 31.2. The fourth-order valence-electron chi connectivity index (χ4n) is 2.70. The van der Waals surface area contributed by atoms with Gasteiger partial charge in [0, 0.05) is 18.0 Å². The van der Waals surface area contributed by atoms with Crippen LogP contribution in [-0.4, -0.2) is 30.3 Å². The highest BCUT2D eigenvalue weighted by Gasteiger charge is 2.32. The molecule has 1 saturated heterocycles. The van der Waals surface area contributed by atoms with Gasteiger partial charge in [-0.25, -0.2) is 4.79 Å². The first-order chi connectivity index (χ1) is 8.25. The monoisotopic (exact) mass is 233 g/mol. The van der Waals surface area contributed by atoms with E-state index >= 15 is 0 Å². The molecule has 3 aliphatic rings. The second-order valence-electron chi connectivity index (χ2n) is 4.65. The smallest absolute Gasteiger partial charge is 0.335 e. The van der Waals surface area contributed by atoms with Gasteiger partial charge in [-0.05, 0) is 25.0 Å². The molecule has 17 heavy (non-hydrogen) atoms. The van der Waals surface area contributed by atoms with Crippen molar-refractivity contribution in [3.63, 3.8) is 0 Å². The van der Waals surface area contributed by atoms with Crippen LogP contribution in [0.25, 0.3) is 0 Å². The number of rotatable bonds is 1. The SMILES string of the molecule is O=C(O)C1=CC2NCC3CCCOC3=C2C=C1. The number of fused-ring (bicyclic) bond motifs is 2. The minimum Gasteiger partial charge on any atom is -0.497 e. The number of aliphatic carboxylic acids is 1. The van der Waals surface area contributed by atoms with Crippen molar-refractivity contribution in [3.05, 3.63) is 35.1 Å². The van der Waals surface area contributed by atoms with Crippen molar-refractivity contribution in [1.82, 2.24) is 5.32 Å². The number of carboxylic acid groups (broad SMARTS) is 1. The highest BCUT2D eigenvalue weighted by atomic mass is 16.5. The van der Waals surface area contributed by atoms with Crippen LogP contribution in [0.1, 0.15) is 12.8 Å². The van der Waals surface area contributed by atoms with E-state index in [9.17, 15) is 4.79 Å². The molecule has 0 bridgehead atoms. The van der Waals surface area contributed by atoms with Gasteiger partial charge in [0.2, 0.25) is 0 Å². The Kier molecular flexibility index (Phi) is 2.52. The Bertz CT molecular complexity index is 448. The average Bonchev–Trinajstić information content (AvgIpc) is 2.38. The van der Waals surface area contributed by atoms with Crippen molar-refractivity contribution in [3.8, 4) is 0 Å². The lowest BCUT2D eigenvalue weighted by Crippen LogP contribution is -2.42. The first-order valence-corrected chi connectivity index (χ1v) is 5.99. The molecule has 2 unspecified atom stereocenters. The predicted octanol–water partition coefficient (Wildman–Crippen LogP) is 1.22. The second-order valence-corrected chi connectivity index (χ2v) is 4.65. The van der Waals surface area contributed by atoms with E-state index in [0.717, 1.165) is 37.3 Å². The van der Waals surface area contributed by atoms with Crippen molar-refractivity contribution >= 4 is 5.97 Å². The predicted molar refractivity (Wildman–Crippen MR) is 62.4 cm³/mol.